The van der Waals surface area contributed by atoms with Gasteiger partial charge in [0.05, 0.1) is 13.2 Å². The topological polar surface area (TPSA) is 29.5 Å². The van der Waals surface area contributed by atoms with Gasteiger partial charge in [0.1, 0.15) is 11.6 Å². The maximum Gasteiger partial charge on any atom is 0.123 e. The van der Waals surface area contributed by atoms with Crippen LogP contribution in [0.25, 0.3) is 6.08 Å². The lowest BCUT2D eigenvalue weighted by Gasteiger charge is -2.49. The molecule has 0 heterocycles. The third kappa shape index (κ3) is 3.02. The van der Waals surface area contributed by atoms with Crippen molar-refractivity contribution in [1.82, 2.24) is 0 Å². The van der Waals surface area contributed by atoms with Gasteiger partial charge in [-0.05, 0) is 96.4 Å². The van der Waals surface area contributed by atoms with Crippen LogP contribution in [0.5, 0.6) is 5.75 Å². The third-order valence-corrected chi connectivity index (χ3v) is 8.02. The molecule has 1 N–H and O–H groups in total. The maximum atomic E-state index is 13.3. The zero-order valence-electron chi connectivity index (χ0n) is 17.2. The summed E-state index contributed by atoms with van der Waals surface area (Å²) in [4.78, 5) is 0. The summed E-state index contributed by atoms with van der Waals surface area (Å²) in [6, 6.07) is 13.2. The first-order valence-corrected chi connectivity index (χ1v) is 10.8. The molecule has 2 aromatic rings. The van der Waals surface area contributed by atoms with E-state index in [1.807, 2.05) is 0 Å². The molecule has 5 rings (SSSR count). The van der Waals surface area contributed by atoms with E-state index in [4.69, 9.17) is 4.74 Å². The molecule has 0 aliphatic heterocycles. The lowest BCUT2D eigenvalue weighted by Crippen LogP contribution is -2.44. The Morgan fingerprint density at radius 2 is 1.93 bits per heavy atom. The second kappa shape index (κ2) is 6.98. The van der Waals surface area contributed by atoms with Gasteiger partial charge in [0.15, 0.2) is 0 Å². The van der Waals surface area contributed by atoms with Gasteiger partial charge in [-0.25, -0.2) is 4.39 Å². The molecule has 152 valence electrons. The Morgan fingerprint density at radius 1 is 1.14 bits per heavy atom. The van der Waals surface area contributed by atoms with Crippen LogP contribution in [0.3, 0.4) is 0 Å². The van der Waals surface area contributed by atoms with Crippen molar-refractivity contribution in [2.24, 2.45) is 17.3 Å². The number of fused-ring (bicyclic) bond motifs is 5. The molecule has 0 amide bonds. The quantitative estimate of drug-likeness (QED) is 0.706. The Bertz CT molecular complexity index is 948. The highest BCUT2D eigenvalue weighted by Gasteiger charge is 2.56. The van der Waals surface area contributed by atoms with E-state index in [9.17, 15) is 9.50 Å². The van der Waals surface area contributed by atoms with E-state index < -0.39 is 6.10 Å². The molecule has 2 fully saturated rings. The predicted molar refractivity (Wildman–Crippen MR) is 113 cm³/mol. The fourth-order valence-corrected chi connectivity index (χ4v) is 6.46. The summed E-state index contributed by atoms with van der Waals surface area (Å²) in [6.07, 6.45) is 7.08. The van der Waals surface area contributed by atoms with E-state index >= 15 is 0 Å². The Hall–Kier alpha value is -2.13. The van der Waals surface area contributed by atoms with E-state index in [0.29, 0.717) is 17.8 Å². The average Bonchev–Trinajstić information content (AvgIpc) is 2.99. The van der Waals surface area contributed by atoms with Gasteiger partial charge in [-0.2, -0.15) is 0 Å². The van der Waals surface area contributed by atoms with Gasteiger partial charge >= 0.3 is 0 Å². The standard InChI is InChI=1S/C26H29FO2/c1-26-12-11-22-21-10-8-20(29-2)14-17(21)5-9-23(22)24(26)15-18(25(26)28)13-16-3-6-19(27)7-4-16/h3-4,6-8,10,13-14,22-25,28H,5,9,11-12,15H2,1-2H3. The predicted octanol–water partition coefficient (Wildman–Crippen LogP) is 5.74. The highest BCUT2D eigenvalue weighted by atomic mass is 19.1. The molecule has 3 aliphatic rings. The minimum atomic E-state index is -0.407. The van der Waals surface area contributed by atoms with Gasteiger partial charge in [-0.1, -0.05) is 31.2 Å². The molecule has 0 aromatic heterocycles. The van der Waals surface area contributed by atoms with Crippen LogP contribution in [-0.2, 0) is 6.42 Å². The molecular formula is C26H29FO2. The van der Waals surface area contributed by atoms with E-state index in [0.717, 1.165) is 42.6 Å². The van der Waals surface area contributed by atoms with Crippen molar-refractivity contribution in [1.29, 1.82) is 0 Å². The van der Waals surface area contributed by atoms with E-state index in [1.54, 1.807) is 19.2 Å². The number of halogens is 1. The van der Waals surface area contributed by atoms with Gasteiger partial charge in [0.25, 0.3) is 0 Å². The first kappa shape index (κ1) is 18.9. The van der Waals surface area contributed by atoms with Crippen molar-refractivity contribution >= 4 is 6.08 Å². The van der Waals surface area contributed by atoms with E-state index in [-0.39, 0.29) is 11.2 Å². The number of benzene rings is 2. The zero-order valence-corrected chi connectivity index (χ0v) is 17.2. The fourth-order valence-electron chi connectivity index (χ4n) is 6.46. The molecule has 5 atom stereocenters. The summed E-state index contributed by atoms with van der Waals surface area (Å²) < 4.78 is 18.7. The molecule has 0 radical (unpaired) electrons. The molecule has 2 aromatic carbocycles. The smallest absolute Gasteiger partial charge is 0.123 e. The summed E-state index contributed by atoms with van der Waals surface area (Å²) in [5.41, 5.74) is 4.96. The lowest BCUT2D eigenvalue weighted by molar-refractivity contribution is -0.0158. The summed E-state index contributed by atoms with van der Waals surface area (Å²) in [5.74, 6) is 2.42. The van der Waals surface area contributed by atoms with Crippen LogP contribution >= 0.6 is 0 Å². The average molecular weight is 393 g/mol. The molecule has 2 saturated carbocycles. The number of ether oxygens (including phenoxy) is 1. The summed E-state index contributed by atoms with van der Waals surface area (Å²) >= 11 is 0. The van der Waals surface area contributed by atoms with Crippen molar-refractivity contribution < 1.29 is 14.2 Å². The number of hydrogen-bond donors (Lipinski definition) is 1. The van der Waals surface area contributed by atoms with Crippen LogP contribution in [0.4, 0.5) is 4.39 Å². The molecule has 3 aliphatic carbocycles. The Labute approximate surface area is 172 Å². The largest absolute Gasteiger partial charge is 0.497 e. The Morgan fingerprint density at radius 3 is 2.69 bits per heavy atom. The number of aliphatic hydroxyl groups is 1. The number of hydrogen-bond acceptors (Lipinski definition) is 2. The minimum absolute atomic E-state index is 0.0585. The van der Waals surface area contributed by atoms with Gasteiger partial charge in [0.2, 0.25) is 0 Å². The Balaban J connectivity index is 1.46. The van der Waals surface area contributed by atoms with Crippen LogP contribution in [-0.4, -0.2) is 18.3 Å². The van der Waals surface area contributed by atoms with Crippen LogP contribution in [0.2, 0.25) is 0 Å². The molecule has 3 heteroatoms. The summed E-state index contributed by atoms with van der Waals surface area (Å²) in [7, 11) is 1.73. The SMILES string of the molecule is COc1ccc2c(c1)CCC1C2CCC2(C)C(O)C(=Cc3ccc(F)cc3)CC12. The van der Waals surface area contributed by atoms with Crippen LogP contribution < -0.4 is 4.74 Å². The van der Waals surface area contributed by atoms with Crippen molar-refractivity contribution in [2.75, 3.05) is 7.11 Å². The monoisotopic (exact) mass is 392 g/mol. The maximum absolute atomic E-state index is 13.3. The Kier molecular flexibility index (Phi) is 4.54. The van der Waals surface area contributed by atoms with E-state index in [1.165, 1.54) is 29.7 Å². The second-order valence-corrected chi connectivity index (χ2v) is 9.40. The highest BCUT2D eigenvalue weighted by Crippen LogP contribution is 2.62. The van der Waals surface area contributed by atoms with Gasteiger partial charge < -0.3 is 9.84 Å². The molecule has 0 bridgehead atoms. The van der Waals surface area contributed by atoms with Crippen LogP contribution in [0, 0.1) is 23.1 Å². The van der Waals surface area contributed by atoms with Crippen molar-refractivity contribution in [2.45, 2.75) is 51.0 Å². The highest BCUT2D eigenvalue weighted by molar-refractivity contribution is 5.55. The van der Waals surface area contributed by atoms with Crippen molar-refractivity contribution in [3.8, 4) is 5.75 Å². The number of rotatable bonds is 2. The zero-order chi connectivity index (χ0) is 20.2. The first-order valence-electron chi connectivity index (χ1n) is 10.8. The third-order valence-electron chi connectivity index (χ3n) is 8.02. The fraction of sp³-hybridized carbons (Fsp3) is 0.462. The summed E-state index contributed by atoms with van der Waals surface area (Å²) in [6.45, 7) is 2.29. The molecule has 0 saturated heterocycles. The van der Waals surface area contributed by atoms with Crippen molar-refractivity contribution in [3.05, 3.63) is 70.5 Å². The normalized spacial score (nSPS) is 34.4. The number of aryl methyl sites for hydroxylation is 1. The second-order valence-electron chi connectivity index (χ2n) is 9.40. The first-order chi connectivity index (χ1) is 14.0. The molecular weight excluding hydrogens is 363 g/mol. The van der Waals surface area contributed by atoms with Crippen LogP contribution in [0.15, 0.2) is 48.0 Å². The number of aliphatic hydroxyl groups excluding tert-OH is 1. The van der Waals surface area contributed by atoms with Crippen molar-refractivity contribution in [3.63, 3.8) is 0 Å². The van der Waals surface area contributed by atoms with Gasteiger partial charge in [-0.15, -0.1) is 0 Å². The molecule has 5 unspecified atom stereocenters. The molecule has 0 spiro atoms. The minimum Gasteiger partial charge on any atom is -0.497 e. The number of methoxy groups -OCH3 is 1. The molecule has 2 nitrogen and oxygen atoms in total. The van der Waals surface area contributed by atoms with E-state index in [2.05, 4.69) is 31.2 Å². The van der Waals surface area contributed by atoms with Crippen LogP contribution in [0.1, 0.15) is 55.2 Å². The van der Waals surface area contributed by atoms with Gasteiger partial charge in [0, 0.05) is 5.41 Å². The molecule has 29 heavy (non-hydrogen) atoms. The summed E-state index contributed by atoms with van der Waals surface area (Å²) in [5, 5.41) is 11.3. The van der Waals surface area contributed by atoms with Gasteiger partial charge in [-0.3, -0.25) is 0 Å². The lowest BCUT2D eigenvalue weighted by atomic mass is 9.55.